The summed E-state index contributed by atoms with van der Waals surface area (Å²) in [5.41, 5.74) is -1.19. The Hall–Kier alpha value is -2.75. The van der Waals surface area contributed by atoms with Gasteiger partial charge in [0.2, 0.25) is 5.89 Å². The second-order valence-electron chi connectivity index (χ2n) is 8.01. The largest absolute Gasteiger partial charge is 0.339 e. The zero-order chi connectivity index (χ0) is 20.9. The minimum atomic E-state index is -3.36. The van der Waals surface area contributed by atoms with Crippen molar-refractivity contribution in [3.8, 4) is 0 Å². The SMILES string of the molecule is CC(C)(C)c1nc(CN2C(=O)N[C@@](C)(c3ccc(S(C)(=O)=O)cc3)C2=O)no1. The Kier molecular flexibility index (Phi) is 4.57. The van der Waals surface area contributed by atoms with Crippen molar-refractivity contribution in [1.29, 1.82) is 0 Å². The summed E-state index contributed by atoms with van der Waals surface area (Å²) in [5, 5.41) is 6.51. The monoisotopic (exact) mass is 406 g/mol. The number of hydrogen-bond acceptors (Lipinski definition) is 7. The van der Waals surface area contributed by atoms with Crippen LogP contribution in [0.2, 0.25) is 0 Å². The molecule has 1 saturated heterocycles. The van der Waals surface area contributed by atoms with Crippen LogP contribution in [0.4, 0.5) is 4.79 Å². The molecule has 1 aliphatic heterocycles. The molecule has 150 valence electrons. The zero-order valence-electron chi connectivity index (χ0n) is 16.3. The summed E-state index contributed by atoms with van der Waals surface area (Å²) < 4.78 is 28.4. The number of nitrogens with one attached hydrogen (secondary N) is 1. The van der Waals surface area contributed by atoms with Crippen molar-refractivity contribution in [2.75, 3.05) is 6.26 Å². The van der Waals surface area contributed by atoms with Gasteiger partial charge in [0.15, 0.2) is 15.7 Å². The lowest BCUT2D eigenvalue weighted by molar-refractivity contribution is -0.131. The fourth-order valence-electron chi connectivity index (χ4n) is 2.84. The van der Waals surface area contributed by atoms with Crippen LogP contribution in [-0.4, -0.2) is 41.7 Å². The third-order valence-corrected chi connectivity index (χ3v) is 5.67. The molecular weight excluding hydrogens is 384 g/mol. The van der Waals surface area contributed by atoms with E-state index in [1.54, 1.807) is 6.92 Å². The average Bonchev–Trinajstić information content (AvgIpc) is 3.14. The number of sulfone groups is 1. The van der Waals surface area contributed by atoms with Crippen LogP contribution in [0.25, 0.3) is 0 Å². The maximum atomic E-state index is 13.0. The number of benzene rings is 1. The quantitative estimate of drug-likeness (QED) is 0.767. The molecule has 1 fully saturated rings. The number of carbonyl (C=O) groups excluding carboxylic acids is 2. The molecule has 3 rings (SSSR count). The van der Waals surface area contributed by atoms with E-state index in [0.29, 0.717) is 11.5 Å². The van der Waals surface area contributed by atoms with E-state index < -0.39 is 27.3 Å². The number of nitrogens with zero attached hydrogens (tertiary/aromatic N) is 3. The number of rotatable bonds is 4. The molecule has 0 spiro atoms. The van der Waals surface area contributed by atoms with Gasteiger partial charge in [-0.25, -0.2) is 13.2 Å². The summed E-state index contributed by atoms with van der Waals surface area (Å²) in [6.45, 7) is 7.18. The summed E-state index contributed by atoms with van der Waals surface area (Å²) >= 11 is 0. The van der Waals surface area contributed by atoms with Gasteiger partial charge in [-0.3, -0.25) is 9.69 Å². The standard InChI is InChI=1S/C18H22N4O5S/c1-17(2,3)14-19-13(21-27-14)10-22-15(23)18(4,20-16(22)24)11-6-8-12(9-7-11)28(5,25)26/h6-9H,10H2,1-5H3,(H,20,24)/t18-/m0/s1. The first kappa shape index (κ1) is 20.0. The summed E-state index contributed by atoms with van der Waals surface area (Å²) in [7, 11) is -3.36. The molecule has 10 heteroatoms. The smallest absolute Gasteiger partial charge is 0.325 e. The maximum Gasteiger partial charge on any atom is 0.325 e. The van der Waals surface area contributed by atoms with Crippen LogP contribution in [0.3, 0.4) is 0 Å². The van der Waals surface area contributed by atoms with Crippen LogP contribution in [0.5, 0.6) is 0 Å². The topological polar surface area (TPSA) is 122 Å². The van der Waals surface area contributed by atoms with E-state index in [0.717, 1.165) is 11.2 Å². The van der Waals surface area contributed by atoms with Gasteiger partial charge < -0.3 is 9.84 Å². The van der Waals surface area contributed by atoms with E-state index in [1.165, 1.54) is 24.3 Å². The molecule has 1 atom stereocenters. The van der Waals surface area contributed by atoms with Crippen molar-refractivity contribution in [3.63, 3.8) is 0 Å². The second-order valence-corrected chi connectivity index (χ2v) is 10.0. The molecule has 28 heavy (non-hydrogen) atoms. The summed E-state index contributed by atoms with van der Waals surface area (Å²) in [4.78, 5) is 30.8. The predicted octanol–water partition coefficient (Wildman–Crippen LogP) is 1.74. The minimum absolute atomic E-state index is 0.124. The lowest BCUT2D eigenvalue weighted by Gasteiger charge is -2.22. The highest BCUT2D eigenvalue weighted by Gasteiger charge is 2.49. The van der Waals surface area contributed by atoms with Crippen LogP contribution in [-0.2, 0) is 32.1 Å². The third-order valence-electron chi connectivity index (χ3n) is 4.54. The van der Waals surface area contributed by atoms with E-state index in [1.807, 2.05) is 20.8 Å². The van der Waals surface area contributed by atoms with Crippen molar-refractivity contribution in [1.82, 2.24) is 20.4 Å². The molecule has 0 unspecified atom stereocenters. The Bertz CT molecular complexity index is 1040. The number of amides is 3. The molecule has 0 aliphatic carbocycles. The van der Waals surface area contributed by atoms with Gasteiger partial charge in [-0.15, -0.1) is 0 Å². The number of hydrogen-bond donors (Lipinski definition) is 1. The number of carbonyl (C=O) groups is 2. The van der Waals surface area contributed by atoms with Crippen LogP contribution < -0.4 is 5.32 Å². The minimum Gasteiger partial charge on any atom is -0.339 e. The van der Waals surface area contributed by atoms with Gasteiger partial charge in [-0.05, 0) is 24.6 Å². The Morgan fingerprint density at radius 3 is 2.29 bits per heavy atom. The summed E-state index contributed by atoms with van der Waals surface area (Å²) in [6.07, 6.45) is 1.10. The van der Waals surface area contributed by atoms with Crippen molar-refractivity contribution >= 4 is 21.8 Å². The van der Waals surface area contributed by atoms with Crippen molar-refractivity contribution in [2.24, 2.45) is 0 Å². The lowest BCUT2D eigenvalue weighted by Crippen LogP contribution is -2.40. The molecule has 1 aromatic heterocycles. The molecule has 0 saturated carbocycles. The number of aromatic nitrogens is 2. The molecule has 0 bridgehead atoms. The van der Waals surface area contributed by atoms with E-state index in [4.69, 9.17) is 4.52 Å². The lowest BCUT2D eigenvalue weighted by atomic mass is 9.92. The van der Waals surface area contributed by atoms with E-state index in [9.17, 15) is 18.0 Å². The van der Waals surface area contributed by atoms with Gasteiger partial charge >= 0.3 is 6.03 Å². The Balaban J connectivity index is 1.85. The summed E-state index contributed by atoms with van der Waals surface area (Å²) in [6, 6.07) is 5.27. The normalized spacial score (nSPS) is 20.5. The molecule has 1 aromatic carbocycles. The molecule has 2 aromatic rings. The molecule has 3 amide bonds. The fourth-order valence-corrected chi connectivity index (χ4v) is 3.47. The molecule has 1 N–H and O–H groups in total. The number of imide groups is 1. The number of urea groups is 1. The Morgan fingerprint density at radius 2 is 1.79 bits per heavy atom. The van der Waals surface area contributed by atoms with Crippen LogP contribution >= 0.6 is 0 Å². The first-order chi connectivity index (χ1) is 12.8. The van der Waals surface area contributed by atoms with Gasteiger partial charge in [0.1, 0.15) is 5.54 Å². The van der Waals surface area contributed by atoms with Gasteiger partial charge in [0.25, 0.3) is 5.91 Å². The van der Waals surface area contributed by atoms with Gasteiger partial charge in [0, 0.05) is 11.7 Å². The van der Waals surface area contributed by atoms with Gasteiger partial charge in [-0.2, -0.15) is 4.98 Å². The van der Waals surface area contributed by atoms with Crippen molar-refractivity contribution in [3.05, 3.63) is 41.5 Å². The predicted molar refractivity (Wildman–Crippen MR) is 99.0 cm³/mol. The maximum absolute atomic E-state index is 13.0. The molecular formula is C18H22N4O5S. The highest BCUT2D eigenvalue weighted by molar-refractivity contribution is 7.90. The molecule has 0 radical (unpaired) electrons. The van der Waals surface area contributed by atoms with Crippen LogP contribution in [0, 0.1) is 0 Å². The second kappa shape index (κ2) is 6.40. The first-order valence-electron chi connectivity index (χ1n) is 8.60. The molecule has 2 heterocycles. The van der Waals surface area contributed by atoms with E-state index in [2.05, 4.69) is 15.5 Å². The van der Waals surface area contributed by atoms with Crippen molar-refractivity contribution < 1.29 is 22.5 Å². The highest BCUT2D eigenvalue weighted by Crippen LogP contribution is 2.30. The zero-order valence-corrected chi connectivity index (χ0v) is 17.1. The Morgan fingerprint density at radius 1 is 1.18 bits per heavy atom. The first-order valence-corrected chi connectivity index (χ1v) is 10.5. The van der Waals surface area contributed by atoms with Gasteiger partial charge in [-0.1, -0.05) is 38.1 Å². The van der Waals surface area contributed by atoms with Gasteiger partial charge in [0.05, 0.1) is 11.4 Å². The summed E-state index contributed by atoms with van der Waals surface area (Å²) in [5.74, 6) is 0.158. The molecule has 1 aliphatic rings. The fraction of sp³-hybridized carbons (Fsp3) is 0.444. The third kappa shape index (κ3) is 3.51. The van der Waals surface area contributed by atoms with Crippen LogP contribution in [0.15, 0.2) is 33.7 Å². The Labute approximate surface area is 163 Å². The van der Waals surface area contributed by atoms with Crippen molar-refractivity contribution in [2.45, 2.75) is 50.1 Å². The van der Waals surface area contributed by atoms with E-state index in [-0.39, 0.29) is 22.7 Å². The average molecular weight is 406 g/mol. The molecule has 9 nitrogen and oxygen atoms in total. The van der Waals surface area contributed by atoms with Crippen LogP contribution in [0.1, 0.15) is 45.0 Å². The van der Waals surface area contributed by atoms with E-state index >= 15 is 0 Å². The highest BCUT2D eigenvalue weighted by atomic mass is 32.2.